The lowest BCUT2D eigenvalue weighted by molar-refractivity contribution is -0.116. The fourth-order valence-corrected chi connectivity index (χ4v) is 2.72. The second kappa shape index (κ2) is 6.21. The first-order valence-corrected chi connectivity index (χ1v) is 7.65. The van der Waals surface area contributed by atoms with E-state index in [1.54, 1.807) is 24.3 Å². The highest BCUT2D eigenvalue weighted by molar-refractivity contribution is 6.42. The Morgan fingerprint density at radius 2 is 1.82 bits per heavy atom. The number of nitrogens with zero attached hydrogens (tertiary/aromatic N) is 1. The van der Waals surface area contributed by atoms with Gasteiger partial charge >= 0.3 is 0 Å². The van der Waals surface area contributed by atoms with Crippen molar-refractivity contribution in [2.24, 2.45) is 0 Å². The molecule has 3 rings (SSSR count). The van der Waals surface area contributed by atoms with E-state index in [2.05, 4.69) is 5.32 Å². The molecule has 1 heterocycles. The first kappa shape index (κ1) is 15.2. The van der Waals surface area contributed by atoms with Crippen LogP contribution in [0.3, 0.4) is 0 Å². The molecule has 0 aliphatic heterocycles. The van der Waals surface area contributed by atoms with E-state index in [0.717, 1.165) is 10.9 Å². The number of carbonyl (C=O) groups excluding carboxylic acids is 1. The highest BCUT2D eigenvalue weighted by Gasteiger charge is 2.08. The maximum Gasteiger partial charge on any atom is 0.244 e. The average molecular weight is 354 g/mol. The predicted molar refractivity (Wildman–Crippen MR) is 92.0 cm³/mol. The van der Waals surface area contributed by atoms with Gasteiger partial charge in [0.1, 0.15) is 6.54 Å². The minimum atomic E-state index is -0.147. The van der Waals surface area contributed by atoms with Crippen molar-refractivity contribution >= 4 is 57.3 Å². The number of rotatable bonds is 3. The summed E-state index contributed by atoms with van der Waals surface area (Å²) in [6.07, 6.45) is 1.86. The summed E-state index contributed by atoms with van der Waals surface area (Å²) in [5.41, 5.74) is 1.56. The van der Waals surface area contributed by atoms with Crippen LogP contribution >= 0.6 is 34.8 Å². The number of fused-ring (bicyclic) bond motifs is 1. The third-order valence-corrected chi connectivity index (χ3v) is 4.22. The quantitative estimate of drug-likeness (QED) is 0.686. The molecule has 3 aromatic rings. The smallest absolute Gasteiger partial charge is 0.244 e. The Morgan fingerprint density at radius 1 is 1.00 bits per heavy atom. The molecular formula is C16H11Cl3N2O. The highest BCUT2D eigenvalue weighted by Crippen LogP contribution is 2.25. The van der Waals surface area contributed by atoms with E-state index >= 15 is 0 Å². The zero-order chi connectivity index (χ0) is 15.7. The lowest BCUT2D eigenvalue weighted by Crippen LogP contribution is -2.18. The van der Waals surface area contributed by atoms with Gasteiger partial charge in [-0.15, -0.1) is 0 Å². The van der Waals surface area contributed by atoms with Gasteiger partial charge in [0.05, 0.1) is 10.0 Å². The molecule has 0 radical (unpaired) electrons. The maximum absolute atomic E-state index is 12.2. The molecule has 2 aromatic carbocycles. The van der Waals surface area contributed by atoms with E-state index in [1.807, 2.05) is 29.0 Å². The molecule has 0 spiro atoms. The van der Waals surface area contributed by atoms with Crippen LogP contribution in [0, 0.1) is 0 Å². The second-order valence-electron chi connectivity index (χ2n) is 4.82. The summed E-state index contributed by atoms with van der Waals surface area (Å²) < 4.78 is 1.86. The summed E-state index contributed by atoms with van der Waals surface area (Å²) in [6, 6.07) is 12.5. The molecule has 0 bridgehead atoms. The Labute approximate surface area is 142 Å². The molecule has 6 heteroatoms. The van der Waals surface area contributed by atoms with Crippen LogP contribution in [-0.2, 0) is 11.3 Å². The third kappa shape index (κ3) is 3.22. The zero-order valence-corrected chi connectivity index (χ0v) is 13.6. The number of carbonyl (C=O) groups is 1. The SMILES string of the molecule is O=C(Cn1ccc2cc(Cl)ccc21)Nc1ccc(Cl)c(Cl)c1. The van der Waals surface area contributed by atoms with Crippen LogP contribution in [-0.4, -0.2) is 10.5 Å². The van der Waals surface area contributed by atoms with E-state index in [4.69, 9.17) is 34.8 Å². The molecular weight excluding hydrogens is 343 g/mol. The van der Waals surface area contributed by atoms with Crippen molar-refractivity contribution in [1.29, 1.82) is 0 Å². The van der Waals surface area contributed by atoms with Crippen LogP contribution in [0.5, 0.6) is 0 Å². The first-order chi connectivity index (χ1) is 10.5. The van der Waals surface area contributed by atoms with Crippen LogP contribution in [0.2, 0.25) is 15.1 Å². The van der Waals surface area contributed by atoms with Gasteiger partial charge in [-0.2, -0.15) is 0 Å². The number of halogens is 3. The maximum atomic E-state index is 12.2. The van der Waals surface area contributed by atoms with Crippen molar-refractivity contribution in [1.82, 2.24) is 4.57 Å². The molecule has 0 saturated carbocycles. The fourth-order valence-electron chi connectivity index (χ4n) is 2.24. The Balaban J connectivity index is 1.76. The number of anilines is 1. The van der Waals surface area contributed by atoms with Gasteiger partial charge in [0.2, 0.25) is 5.91 Å². The topological polar surface area (TPSA) is 34.0 Å². The molecule has 0 atom stereocenters. The summed E-state index contributed by atoms with van der Waals surface area (Å²) in [7, 11) is 0. The van der Waals surface area contributed by atoms with E-state index in [0.29, 0.717) is 20.8 Å². The number of benzene rings is 2. The molecule has 0 aliphatic rings. The summed E-state index contributed by atoms with van der Waals surface area (Å²) in [5, 5.41) is 5.32. The molecule has 0 aliphatic carbocycles. The third-order valence-electron chi connectivity index (χ3n) is 3.25. The normalized spacial score (nSPS) is 10.9. The molecule has 112 valence electrons. The van der Waals surface area contributed by atoms with Crippen molar-refractivity contribution in [3.8, 4) is 0 Å². The van der Waals surface area contributed by atoms with Crippen molar-refractivity contribution in [3.63, 3.8) is 0 Å². The Morgan fingerprint density at radius 3 is 2.59 bits per heavy atom. The zero-order valence-electron chi connectivity index (χ0n) is 11.3. The minimum absolute atomic E-state index is 0.147. The van der Waals surface area contributed by atoms with Gasteiger partial charge in [0.25, 0.3) is 0 Å². The van der Waals surface area contributed by atoms with Gasteiger partial charge in [0.15, 0.2) is 0 Å². The number of nitrogens with one attached hydrogen (secondary N) is 1. The van der Waals surface area contributed by atoms with Crippen molar-refractivity contribution in [2.75, 3.05) is 5.32 Å². The molecule has 3 nitrogen and oxygen atoms in total. The van der Waals surface area contributed by atoms with E-state index in [1.165, 1.54) is 0 Å². The molecule has 1 amide bonds. The molecule has 1 N–H and O–H groups in total. The van der Waals surface area contributed by atoms with Crippen molar-refractivity contribution in [2.45, 2.75) is 6.54 Å². The minimum Gasteiger partial charge on any atom is -0.338 e. The summed E-state index contributed by atoms with van der Waals surface area (Å²) in [4.78, 5) is 12.2. The average Bonchev–Trinajstić information content (AvgIpc) is 2.85. The van der Waals surface area contributed by atoms with Crippen molar-refractivity contribution in [3.05, 3.63) is 63.7 Å². The first-order valence-electron chi connectivity index (χ1n) is 6.52. The number of aromatic nitrogens is 1. The Hall–Kier alpha value is -1.68. The fraction of sp³-hybridized carbons (Fsp3) is 0.0625. The standard InChI is InChI=1S/C16H11Cl3N2O/c17-11-1-4-15-10(7-11)5-6-21(15)9-16(22)20-12-2-3-13(18)14(19)8-12/h1-8H,9H2,(H,20,22). The van der Waals surface area contributed by atoms with Crippen LogP contribution < -0.4 is 5.32 Å². The van der Waals surface area contributed by atoms with E-state index < -0.39 is 0 Å². The highest BCUT2D eigenvalue weighted by atomic mass is 35.5. The number of amides is 1. The van der Waals surface area contributed by atoms with Crippen LogP contribution in [0.15, 0.2) is 48.7 Å². The van der Waals surface area contributed by atoms with Gasteiger partial charge in [-0.3, -0.25) is 4.79 Å². The van der Waals surface area contributed by atoms with Gasteiger partial charge in [-0.05, 0) is 42.5 Å². The lowest BCUT2D eigenvalue weighted by atomic mass is 10.2. The summed E-state index contributed by atoms with van der Waals surface area (Å²) >= 11 is 17.7. The monoisotopic (exact) mass is 352 g/mol. The molecule has 0 fully saturated rings. The predicted octanol–water partition coefficient (Wildman–Crippen LogP) is 5.24. The van der Waals surface area contributed by atoms with E-state index in [-0.39, 0.29) is 12.5 Å². The van der Waals surface area contributed by atoms with Crippen LogP contribution in [0.1, 0.15) is 0 Å². The lowest BCUT2D eigenvalue weighted by Gasteiger charge is -2.08. The van der Waals surface area contributed by atoms with Gasteiger partial charge in [-0.1, -0.05) is 34.8 Å². The van der Waals surface area contributed by atoms with E-state index in [9.17, 15) is 4.79 Å². The van der Waals surface area contributed by atoms with Crippen LogP contribution in [0.25, 0.3) is 10.9 Å². The number of hydrogen-bond acceptors (Lipinski definition) is 1. The second-order valence-corrected chi connectivity index (χ2v) is 6.07. The summed E-state index contributed by atoms with van der Waals surface area (Å²) in [5.74, 6) is -0.147. The molecule has 0 saturated heterocycles. The van der Waals surface area contributed by atoms with Gasteiger partial charge in [-0.25, -0.2) is 0 Å². The number of hydrogen-bond donors (Lipinski definition) is 1. The molecule has 22 heavy (non-hydrogen) atoms. The van der Waals surface area contributed by atoms with Crippen molar-refractivity contribution < 1.29 is 4.79 Å². The summed E-state index contributed by atoms with van der Waals surface area (Å²) in [6.45, 7) is 0.200. The molecule has 1 aromatic heterocycles. The Bertz CT molecular complexity index is 858. The van der Waals surface area contributed by atoms with Gasteiger partial charge in [0, 0.05) is 27.8 Å². The van der Waals surface area contributed by atoms with Crippen LogP contribution in [0.4, 0.5) is 5.69 Å². The van der Waals surface area contributed by atoms with Gasteiger partial charge < -0.3 is 9.88 Å². The largest absolute Gasteiger partial charge is 0.338 e. The molecule has 0 unspecified atom stereocenters. The Kier molecular flexibility index (Phi) is 4.30.